The number of fused-ring (bicyclic) bond motifs is 1. The van der Waals surface area contributed by atoms with E-state index in [0.717, 1.165) is 12.0 Å². The van der Waals surface area contributed by atoms with Crippen molar-refractivity contribution in [2.24, 2.45) is 5.92 Å². The molecule has 1 aliphatic rings. The molecule has 0 fully saturated rings. The standard InChI is InChI=1S/C38H54N4O6Si/c1-36(2,3)47-35(45)41-38(7,8)31(43)21-28(24-46-23-26-16-12-11-13-17-26)34(44)40-32-22-42(25-39-32)33-29-19-15-14-18-27(29)20-30(33)48-49(9,10)37(4,5)6/h11-19,22,25,28,30,33H,20-21,23-24H2,1-10H3,(H,40,44)(H,41,45)/t28?,30-,33?/m0/s1. The second kappa shape index (κ2) is 15.0. The Balaban J connectivity index is 1.52. The van der Waals surface area contributed by atoms with E-state index in [1.54, 1.807) is 40.9 Å². The van der Waals surface area contributed by atoms with Crippen molar-refractivity contribution >= 4 is 31.9 Å². The van der Waals surface area contributed by atoms with E-state index in [-0.39, 0.29) is 42.6 Å². The number of hydrogen-bond donors (Lipinski definition) is 2. The Labute approximate surface area is 292 Å². The Morgan fingerprint density at radius 2 is 1.61 bits per heavy atom. The molecule has 1 aromatic heterocycles. The lowest BCUT2D eigenvalue weighted by Crippen LogP contribution is -2.52. The summed E-state index contributed by atoms with van der Waals surface area (Å²) in [4.78, 5) is 44.4. The fourth-order valence-electron chi connectivity index (χ4n) is 5.56. The van der Waals surface area contributed by atoms with E-state index in [1.165, 1.54) is 11.1 Å². The molecule has 4 rings (SSSR count). The summed E-state index contributed by atoms with van der Waals surface area (Å²) >= 11 is 0. The van der Waals surface area contributed by atoms with E-state index >= 15 is 0 Å². The first-order chi connectivity index (χ1) is 22.8. The van der Waals surface area contributed by atoms with Crippen LogP contribution in [0.2, 0.25) is 18.1 Å². The van der Waals surface area contributed by atoms with Crippen molar-refractivity contribution in [1.82, 2.24) is 14.9 Å². The zero-order valence-electron chi connectivity index (χ0n) is 30.8. The van der Waals surface area contributed by atoms with Crippen LogP contribution in [0.3, 0.4) is 0 Å². The minimum atomic E-state index is -2.09. The molecule has 1 heterocycles. The predicted molar refractivity (Wildman–Crippen MR) is 194 cm³/mol. The van der Waals surface area contributed by atoms with Crippen LogP contribution in [0.1, 0.15) is 84.5 Å². The zero-order chi connectivity index (χ0) is 36.2. The number of benzene rings is 2. The number of ether oxygens (including phenoxy) is 2. The average molecular weight is 691 g/mol. The fourth-order valence-corrected chi connectivity index (χ4v) is 6.88. The summed E-state index contributed by atoms with van der Waals surface area (Å²) in [6.07, 6.45) is 3.40. The maximum absolute atomic E-state index is 13.8. The lowest BCUT2D eigenvalue weighted by molar-refractivity contribution is -0.131. The Morgan fingerprint density at radius 3 is 2.27 bits per heavy atom. The van der Waals surface area contributed by atoms with E-state index in [0.29, 0.717) is 5.82 Å². The zero-order valence-corrected chi connectivity index (χ0v) is 31.8. The summed E-state index contributed by atoms with van der Waals surface area (Å²) < 4.78 is 20.3. The van der Waals surface area contributed by atoms with Crippen LogP contribution < -0.4 is 10.6 Å². The van der Waals surface area contributed by atoms with Crippen molar-refractivity contribution in [3.8, 4) is 0 Å². The van der Waals surface area contributed by atoms with Gasteiger partial charge in [0.15, 0.2) is 19.9 Å². The van der Waals surface area contributed by atoms with Gasteiger partial charge in [-0.3, -0.25) is 9.59 Å². The normalized spacial score (nSPS) is 17.3. The molecule has 1 aliphatic carbocycles. The third-order valence-electron chi connectivity index (χ3n) is 9.32. The smallest absolute Gasteiger partial charge is 0.408 e. The van der Waals surface area contributed by atoms with E-state index in [2.05, 4.69) is 67.7 Å². The Hall–Kier alpha value is -3.80. The van der Waals surface area contributed by atoms with Crippen molar-refractivity contribution in [3.63, 3.8) is 0 Å². The van der Waals surface area contributed by atoms with Crippen LogP contribution in [0.25, 0.3) is 0 Å². The van der Waals surface area contributed by atoms with Gasteiger partial charge in [0.1, 0.15) is 5.60 Å². The number of amides is 2. The third kappa shape index (κ3) is 10.1. The van der Waals surface area contributed by atoms with E-state index in [9.17, 15) is 14.4 Å². The highest BCUT2D eigenvalue weighted by atomic mass is 28.4. The summed E-state index contributed by atoms with van der Waals surface area (Å²) in [6, 6.07) is 17.9. The SMILES string of the molecule is CC(C)(C)OC(=O)NC(C)(C)C(=O)CC(COCc1ccccc1)C(=O)Nc1cn(C2c3ccccc3C[C@@H]2O[Si](C)(C)C(C)(C)C)cn1. The van der Waals surface area contributed by atoms with Crippen LogP contribution in [0.15, 0.2) is 67.1 Å². The minimum Gasteiger partial charge on any atom is -0.444 e. The molecule has 0 saturated carbocycles. The van der Waals surface area contributed by atoms with E-state index in [4.69, 9.17) is 13.9 Å². The first-order valence-electron chi connectivity index (χ1n) is 17.0. The largest absolute Gasteiger partial charge is 0.444 e. The molecule has 3 aromatic rings. The maximum atomic E-state index is 13.8. The number of imidazole rings is 1. The number of carbonyl (C=O) groups excluding carboxylic acids is 3. The Kier molecular flexibility index (Phi) is 11.6. The molecule has 0 saturated heterocycles. The number of aromatic nitrogens is 2. The van der Waals surface area contributed by atoms with Gasteiger partial charge in [-0.15, -0.1) is 0 Å². The fraction of sp³-hybridized carbons (Fsp3) is 0.526. The molecule has 2 aromatic carbocycles. The van der Waals surface area contributed by atoms with Gasteiger partial charge in [-0.05, 0) is 69.4 Å². The van der Waals surface area contributed by atoms with Crippen LogP contribution in [0.4, 0.5) is 10.6 Å². The van der Waals surface area contributed by atoms with Crippen LogP contribution in [-0.4, -0.2) is 59.5 Å². The van der Waals surface area contributed by atoms with Crippen molar-refractivity contribution in [2.75, 3.05) is 11.9 Å². The summed E-state index contributed by atoms with van der Waals surface area (Å²) in [7, 11) is -2.09. The molecular weight excluding hydrogens is 637 g/mol. The topological polar surface area (TPSA) is 121 Å². The molecule has 11 heteroatoms. The molecule has 49 heavy (non-hydrogen) atoms. The number of hydrogen-bond acceptors (Lipinski definition) is 7. The first-order valence-corrected chi connectivity index (χ1v) is 19.9. The van der Waals surface area contributed by atoms with Gasteiger partial charge in [-0.25, -0.2) is 9.78 Å². The van der Waals surface area contributed by atoms with Crippen molar-refractivity contribution in [3.05, 3.63) is 83.8 Å². The van der Waals surface area contributed by atoms with Crippen LogP contribution in [-0.2, 0) is 36.5 Å². The number of carbonyl (C=O) groups is 3. The molecule has 0 radical (unpaired) electrons. The molecule has 3 atom stereocenters. The van der Waals surface area contributed by atoms with Crippen LogP contribution in [0, 0.1) is 5.92 Å². The van der Waals surface area contributed by atoms with Gasteiger partial charge in [-0.2, -0.15) is 0 Å². The monoisotopic (exact) mass is 690 g/mol. The Morgan fingerprint density at radius 1 is 0.959 bits per heavy atom. The van der Waals surface area contributed by atoms with Crippen molar-refractivity contribution < 1.29 is 28.3 Å². The van der Waals surface area contributed by atoms with Gasteiger partial charge in [0.2, 0.25) is 5.91 Å². The highest BCUT2D eigenvalue weighted by Gasteiger charge is 2.44. The molecule has 266 valence electrons. The molecule has 0 bridgehead atoms. The summed E-state index contributed by atoms with van der Waals surface area (Å²) in [5.41, 5.74) is 1.37. The number of rotatable bonds is 13. The summed E-state index contributed by atoms with van der Waals surface area (Å²) in [6.45, 7) is 20.0. The third-order valence-corrected chi connectivity index (χ3v) is 13.8. The van der Waals surface area contributed by atoms with Gasteiger partial charge in [0, 0.05) is 19.0 Å². The summed E-state index contributed by atoms with van der Waals surface area (Å²) in [5, 5.41) is 5.63. The van der Waals surface area contributed by atoms with Gasteiger partial charge in [0.05, 0.1) is 43.1 Å². The van der Waals surface area contributed by atoms with E-state index < -0.39 is 37.4 Å². The molecule has 2 N–H and O–H groups in total. The number of alkyl carbamates (subject to hydrolysis) is 1. The summed E-state index contributed by atoms with van der Waals surface area (Å²) in [5.74, 6) is -1.21. The number of nitrogens with zero attached hydrogens (tertiary/aromatic N) is 2. The quantitative estimate of drug-likeness (QED) is 0.179. The molecular formula is C38H54N4O6Si. The number of ketones is 1. The number of Topliss-reactive ketones (excluding diaryl/α,β-unsaturated/α-hetero) is 1. The van der Waals surface area contributed by atoms with Gasteiger partial charge in [0.25, 0.3) is 0 Å². The van der Waals surface area contributed by atoms with Gasteiger partial charge < -0.3 is 29.1 Å². The minimum absolute atomic E-state index is 0.00583. The highest BCUT2D eigenvalue weighted by Crippen LogP contribution is 2.43. The first kappa shape index (κ1) is 38.0. The van der Waals surface area contributed by atoms with Gasteiger partial charge in [-0.1, -0.05) is 75.4 Å². The van der Waals surface area contributed by atoms with Crippen LogP contribution in [0.5, 0.6) is 0 Å². The highest BCUT2D eigenvalue weighted by molar-refractivity contribution is 6.74. The Bertz CT molecular complexity index is 1610. The molecule has 0 spiro atoms. The molecule has 2 unspecified atom stereocenters. The van der Waals surface area contributed by atoms with Crippen molar-refractivity contribution in [2.45, 2.75) is 116 Å². The second-order valence-electron chi connectivity index (χ2n) is 16.0. The van der Waals surface area contributed by atoms with Gasteiger partial charge >= 0.3 is 6.09 Å². The predicted octanol–water partition coefficient (Wildman–Crippen LogP) is 7.45. The molecule has 0 aliphatic heterocycles. The second-order valence-corrected chi connectivity index (χ2v) is 20.8. The molecule has 2 amide bonds. The number of anilines is 1. The lowest BCUT2D eigenvalue weighted by atomic mass is 9.90. The molecule has 10 nitrogen and oxygen atoms in total. The van der Waals surface area contributed by atoms with Crippen molar-refractivity contribution in [1.29, 1.82) is 0 Å². The number of nitrogens with one attached hydrogen (secondary N) is 2. The average Bonchev–Trinajstić information content (AvgIpc) is 3.58. The maximum Gasteiger partial charge on any atom is 0.408 e. The lowest BCUT2D eigenvalue weighted by Gasteiger charge is -2.40. The van der Waals surface area contributed by atoms with Crippen LogP contribution >= 0.6 is 0 Å². The van der Waals surface area contributed by atoms with E-state index in [1.807, 2.05) is 47.2 Å².